The summed E-state index contributed by atoms with van der Waals surface area (Å²) in [6, 6.07) is 21.6. The summed E-state index contributed by atoms with van der Waals surface area (Å²) in [5.74, 6) is 1.15. The van der Waals surface area contributed by atoms with Crippen LogP contribution >= 0.6 is 11.3 Å². The van der Waals surface area contributed by atoms with E-state index in [1.165, 1.54) is 11.3 Å². The Bertz CT molecular complexity index is 1250. The van der Waals surface area contributed by atoms with Crippen molar-refractivity contribution in [1.29, 1.82) is 0 Å². The minimum atomic E-state index is -0.128. The first kappa shape index (κ1) is 23.4. The van der Waals surface area contributed by atoms with E-state index >= 15 is 0 Å². The van der Waals surface area contributed by atoms with Crippen LogP contribution in [0, 0.1) is 0 Å². The van der Waals surface area contributed by atoms with Crippen LogP contribution in [0.3, 0.4) is 0 Å². The minimum absolute atomic E-state index is 0.0582. The number of amides is 1. The minimum Gasteiger partial charge on any atom is -0.437 e. The van der Waals surface area contributed by atoms with E-state index in [1.54, 1.807) is 12.4 Å². The molecule has 2 heterocycles. The second kappa shape index (κ2) is 10.5. The van der Waals surface area contributed by atoms with Gasteiger partial charge in [-0.25, -0.2) is 9.97 Å². The van der Waals surface area contributed by atoms with Gasteiger partial charge in [0.15, 0.2) is 0 Å². The van der Waals surface area contributed by atoms with Crippen LogP contribution in [-0.2, 0) is 18.5 Å². The fraction of sp³-hybridized carbons (Fsp3) is 0.222. The van der Waals surface area contributed by atoms with Crippen LogP contribution < -0.4 is 15.4 Å². The molecule has 0 aliphatic rings. The van der Waals surface area contributed by atoms with Gasteiger partial charge in [0.25, 0.3) is 5.91 Å². The first-order valence-electron chi connectivity index (χ1n) is 11.1. The zero-order valence-corrected chi connectivity index (χ0v) is 20.4. The molecular weight excluding hydrogens is 444 g/mol. The van der Waals surface area contributed by atoms with Crippen LogP contribution in [0.5, 0.6) is 11.6 Å². The summed E-state index contributed by atoms with van der Waals surface area (Å²) < 4.78 is 6.22. The second-order valence-electron chi connectivity index (χ2n) is 8.84. The molecule has 0 saturated heterocycles. The number of pyridine rings is 1. The van der Waals surface area contributed by atoms with E-state index in [4.69, 9.17) is 4.74 Å². The molecule has 0 bridgehead atoms. The van der Waals surface area contributed by atoms with Crippen molar-refractivity contribution in [1.82, 2.24) is 15.3 Å². The predicted molar refractivity (Wildman–Crippen MR) is 137 cm³/mol. The van der Waals surface area contributed by atoms with Crippen LogP contribution in [0.1, 0.15) is 46.6 Å². The molecule has 0 aliphatic heterocycles. The van der Waals surface area contributed by atoms with Crippen molar-refractivity contribution in [3.05, 3.63) is 100 Å². The molecule has 4 rings (SSSR count). The third kappa shape index (κ3) is 5.99. The summed E-state index contributed by atoms with van der Waals surface area (Å²) in [5.41, 5.74) is 2.87. The van der Waals surface area contributed by atoms with E-state index in [-0.39, 0.29) is 11.3 Å². The molecule has 0 atom stereocenters. The number of para-hydroxylation sites is 1. The lowest BCUT2D eigenvalue weighted by Crippen LogP contribution is -2.21. The van der Waals surface area contributed by atoms with Gasteiger partial charge in [-0.05, 0) is 29.2 Å². The lowest BCUT2D eigenvalue weighted by Gasteiger charge is -2.22. The lowest BCUT2D eigenvalue weighted by molar-refractivity contribution is 0.0954. The second-order valence-corrected chi connectivity index (χ2v) is 9.96. The summed E-state index contributed by atoms with van der Waals surface area (Å²) in [6.45, 7) is 7.41. The number of anilines is 1. The van der Waals surface area contributed by atoms with E-state index in [1.807, 2.05) is 60.7 Å². The van der Waals surface area contributed by atoms with E-state index in [9.17, 15) is 4.79 Å². The molecule has 34 heavy (non-hydrogen) atoms. The van der Waals surface area contributed by atoms with Crippen LogP contribution in [0.4, 0.5) is 5.69 Å². The molecule has 0 aliphatic carbocycles. The van der Waals surface area contributed by atoms with Crippen molar-refractivity contribution >= 4 is 22.9 Å². The zero-order valence-electron chi connectivity index (χ0n) is 19.5. The van der Waals surface area contributed by atoms with Crippen molar-refractivity contribution < 1.29 is 9.53 Å². The normalized spacial score (nSPS) is 11.1. The predicted octanol–water partition coefficient (Wildman–Crippen LogP) is 6.17. The number of aromatic nitrogens is 2. The Hall–Kier alpha value is -3.71. The molecule has 2 aromatic carbocycles. The van der Waals surface area contributed by atoms with Gasteiger partial charge >= 0.3 is 0 Å². The average Bonchev–Trinajstić information content (AvgIpc) is 3.32. The molecule has 174 valence electrons. The van der Waals surface area contributed by atoms with Gasteiger partial charge in [-0.3, -0.25) is 4.79 Å². The van der Waals surface area contributed by atoms with E-state index in [2.05, 4.69) is 47.4 Å². The number of carbonyl (C=O) groups excluding carboxylic acids is 1. The van der Waals surface area contributed by atoms with Crippen LogP contribution in [0.15, 0.2) is 79.1 Å². The standard InChI is InChI=1S/C27H28N4O2S/c1-27(2,3)20-12-7-8-14-22(20)33-26-21(13-9-15-28-26)29-18-24-30-17-23(34-24)25(32)31-16-19-10-5-4-6-11-19/h4-15,17,29H,16,18H2,1-3H3,(H,31,32). The molecule has 0 fully saturated rings. The summed E-state index contributed by atoms with van der Waals surface area (Å²) in [7, 11) is 0. The number of hydrogen-bond acceptors (Lipinski definition) is 6. The highest BCUT2D eigenvalue weighted by atomic mass is 32.1. The van der Waals surface area contributed by atoms with Gasteiger partial charge in [0.1, 0.15) is 15.6 Å². The third-order valence-electron chi connectivity index (χ3n) is 5.18. The summed E-state index contributed by atoms with van der Waals surface area (Å²) in [5, 5.41) is 7.08. The number of thiazole rings is 1. The maximum absolute atomic E-state index is 12.5. The Morgan fingerprint density at radius 1 is 0.941 bits per heavy atom. The molecule has 2 N–H and O–H groups in total. The molecular formula is C27H28N4O2S. The monoisotopic (exact) mass is 472 g/mol. The van der Waals surface area contributed by atoms with Crippen molar-refractivity contribution in [3.8, 4) is 11.6 Å². The van der Waals surface area contributed by atoms with E-state index in [0.717, 1.165) is 27.6 Å². The highest BCUT2D eigenvalue weighted by molar-refractivity contribution is 7.13. The summed E-state index contributed by atoms with van der Waals surface area (Å²) >= 11 is 1.36. The third-order valence-corrected chi connectivity index (χ3v) is 6.17. The van der Waals surface area contributed by atoms with Gasteiger partial charge in [-0.1, -0.05) is 69.3 Å². The van der Waals surface area contributed by atoms with Crippen LogP contribution in [0.25, 0.3) is 0 Å². The fourth-order valence-electron chi connectivity index (χ4n) is 3.42. The molecule has 6 nitrogen and oxygen atoms in total. The van der Waals surface area contributed by atoms with Gasteiger partial charge in [0.2, 0.25) is 5.88 Å². The Morgan fingerprint density at radius 3 is 2.50 bits per heavy atom. The molecule has 0 radical (unpaired) electrons. The molecule has 1 amide bonds. The van der Waals surface area contributed by atoms with Gasteiger partial charge in [-0.15, -0.1) is 11.3 Å². The first-order chi connectivity index (χ1) is 16.4. The summed E-state index contributed by atoms with van der Waals surface area (Å²) in [4.78, 5) is 21.9. The van der Waals surface area contributed by atoms with Crippen LogP contribution in [0.2, 0.25) is 0 Å². The molecule has 0 saturated carbocycles. The molecule has 7 heteroatoms. The average molecular weight is 473 g/mol. The van der Waals surface area contributed by atoms with Crippen LogP contribution in [-0.4, -0.2) is 15.9 Å². The van der Waals surface area contributed by atoms with Crippen molar-refractivity contribution in [2.24, 2.45) is 0 Å². The highest BCUT2D eigenvalue weighted by Crippen LogP contribution is 2.35. The van der Waals surface area contributed by atoms with E-state index in [0.29, 0.717) is 23.8 Å². The van der Waals surface area contributed by atoms with Crippen molar-refractivity contribution in [2.75, 3.05) is 5.32 Å². The number of rotatable bonds is 8. The van der Waals surface area contributed by atoms with Crippen molar-refractivity contribution in [2.45, 2.75) is 39.3 Å². The number of benzene rings is 2. The quantitative estimate of drug-likeness (QED) is 0.321. The largest absolute Gasteiger partial charge is 0.437 e. The topological polar surface area (TPSA) is 76.1 Å². The molecule has 4 aromatic rings. The number of hydrogen-bond donors (Lipinski definition) is 2. The Kier molecular flexibility index (Phi) is 7.23. The van der Waals surface area contributed by atoms with Gasteiger partial charge in [-0.2, -0.15) is 0 Å². The molecule has 2 aromatic heterocycles. The number of nitrogens with zero attached hydrogens (tertiary/aromatic N) is 2. The Morgan fingerprint density at radius 2 is 1.71 bits per heavy atom. The Labute approximate surface area is 204 Å². The SMILES string of the molecule is CC(C)(C)c1ccccc1Oc1ncccc1NCc1ncc(C(=O)NCc2ccccc2)s1. The van der Waals surface area contributed by atoms with Gasteiger partial charge in [0.05, 0.1) is 18.4 Å². The first-order valence-corrected chi connectivity index (χ1v) is 11.9. The number of carbonyl (C=O) groups is 1. The Balaban J connectivity index is 1.40. The zero-order chi connectivity index (χ0) is 24.0. The molecule has 0 unspecified atom stereocenters. The van der Waals surface area contributed by atoms with Gasteiger partial charge < -0.3 is 15.4 Å². The van der Waals surface area contributed by atoms with E-state index < -0.39 is 0 Å². The lowest BCUT2D eigenvalue weighted by atomic mass is 9.86. The number of ether oxygens (including phenoxy) is 1. The highest BCUT2D eigenvalue weighted by Gasteiger charge is 2.20. The maximum Gasteiger partial charge on any atom is 0.263 e. The fourth-order valence-corrected chi connectivity index (χ4v) is 4.19. The van der Waals surface area contributed by atoms with Crippen molar-refractivity contribution in [3.63, 3.8) is 0 Å². The maximum atomic E-state index is 12.5. The number of nitrogens with one attached hydrogen (secondary N) is 2. The molecule has 0 spiro atoms. The smallest absolute Gasteiger partial charge is 0.263 e. The van der Waals surface area contributed by atoms with Gasteiger partial charge in [0, 0.05) is 18.3 Å². The summed E-state index contributed by atoms with van der Waals surface area (Å²) in [6.07, 6.45) is 3.32.